The SMILES string of the molecule is CCCCC(OCCCN)C(=O)O. The van der Waals surface area contributed by atoms with Gasteiger partial charge >= 0.3 is 5.97 Å². The van der Waals surface area contributed by atoms with Crippen molar-refractivity contribution in [1.82, 2.24) is 0 Å². The summed E-state index contributed by atoms with van der Waals surface area (Å²) in [5.41, 5.74) is 5.26. The Morgan fingerprint density at radius 3 is 2.69 bits per heavy atom. The zero-order valence-corrected chi connectivity index (χ0v) is 8.16. The zero-order valence-electron chi connectivity index (χ0n) is 8.16. The van der Waals surface area contributed by atoms with E-state index < -0.39 is 12.1 Å². The normalized spacial score (nSPS) is 12.8. The number of nitrogens with two attached hydrogens (primary N) is 1. The number of ether oxygens (including phenoxy) is 1. The Kier molecular flexibility index (Phi) is 7.63. The highest BCUT2D eigenvalue weighted by atomic mass is 16.5. The van der Waals surface area contributed by atoms with Gasteiger partial charge in [-0.2, -0.15) is 0 Å². The predicted molar refractivity (Wildman–Crippen MR) is 50.6 cm³/mol. The number of unbranched alkanes of at least 4 members (excludes halogenated alkanes) is 1. The van der Waals surface area contributed by atoms with E-state index in [9.17, 15) is 4.79 Å². The second-order valence-corrected chi connectivity index (χ2v) is 2.98. The molecule has 0 aliphatic heterocycles. The molecule has 0 aromatic heterocycles. The van der Waals surface area contributed by atoms with Crippen molar-refractivity contribution in [2.24, 2.45) is 5.73 Å². The third kappa shape index (κ3) is 6.54. The van der Waals surface area contributed by atoms with Crippen LogP contribution < -0.4 is 5.73 Å². The number of hydrogen-bond donors (Lipinski definition) is 2. The highest BCUT2D eigenvalue weighted by molar-refractivity contribution is 5.72. The van der Waals surface area contributed by atoms with E-state index in [0.717, 1.165) is 19.3 Å². The van der Waals surface area contributed by atoms with Crippen molar-refractivity contribution < 1.29 is 14.6 Å². The van der Waals surface area contributed by atoms with Crippen LogP contribution in [0.1, 0.15) is 32.6 Å². The lowest BCUT2D eigenvalue weighted by Crippen LogP contribution is -2.24. The molecule has 0 aliphatic carbocycles. The quantitative estimate of drug-likeness (QED) is 0.559. The van der Waals surface area contributed by atoms with Crippen LogP contribution in [0.4, 0.5) is 0 Å². The first kappa shape index (κ1) is 12.4. The first-order chi connectivity index (χ1) is 6.22. The molecule has 78 valence electrons. The molecule has 1 unspecified atom stereocenters. The molecule has 4 nitrogen and oxygen atoms in total. The molecule has 0 aromatic rings. The molecule has 1 atom stereocenters. The maximum Gasteiger partial charge on any atom is 0.332 e. The van der Waals surface area contributed by atoms with Gasteiger partial charge in [0.1, 0.15) is 0 Å². The van der Waals surface area contributed by atoms with Gasteiger partial charge < -0.3 is 15.6 Å². The Bertz CT molecular complexity index is 139. The van der Waals surface area contributed by atoms with Gasteiger partial charge in [-0.05, 0) is 19.4 Å². The van der Waals surface area contributed by atoms with Crippen molar-refractivity contribution >= 4 is 5.97 Å². The Morgan fingerprint density at radius 2 is 2.23 bits per heavy atom. The van der Waals surface area contributed by atoms with Crippen molar-refractivity contribution in [3.05, 3.63) is 0 Å². The van der Waals surface area contributed by atoms with Crippen molar-refractivity contribution in [3.63, 3.8) is 0 Å². The molecule has 4 heteroatoms. The predicted octanol–water partition coefficient (Wildman–Crippen LogP) is 0.995. The number of hydrogen-bond acceptors (Lipinski definition) is 3. The first-order valence-corrected chi connectivity index (χ1v) is 4.76. The van der Waals surface area contributed by atoms with Crippen LogP contribution in [0.2, 0.25) is 0 Å². The van der Waals surface area contributed by atoms with Crippen LogP contribution in [0.25, 0.3) is 0 Å². The van der Waals surface area contributed by atoms with Crippen LogP contribution in [-0.2, 0) is 9.53 Å². The second-order valence-electron chi connectivity index (χ2n) is 2.98. The second kappa shape index (κ2) is 8.01. The minimum atomic E-state index is -0.870. The van der Waals surface area contributed by atoms with Crippen LogP contribution in [0.3, 0.4) is 0 Å². The van der Waals surface area contributed by atoms with Crippen molar-refractivity contribution in [1.29, 1.82) is 0 Å². The fourth-order valence-electron chi connectivity index (χ4n) is 0.977. The monoisotopic (exact) mass is 189 g/mol. The van der Waals surface area contributed by atoms with Crippen LogP contribution >= 0.6 is 0 Å². The van der Waals surface area contributed by atoms with E-state index in [1.807, 2.05) is 6.92 Å². The third-order valence-corrected chi connectivity index (χ3v) is 1.76. The summed E-state index contributed by atoms with van der Waals surface area (Å²) in [5.74, 6) is -0.870. The van der Waals surface area contributed by atoms with Gasteiger partial charge in [-0.1, -0.05) is 19.8 Å². The van der Waals surface area contributed by atoms with Crippen molar-refractivity contribution in [2.45, 2.75) is 38.7 Å². The Hall–Kier alpha value is -0.610. The topological polar surface area (TPSA) is 72.5 Å². The van der Waals surface area contributed by atoms with E-state index >= 15 is 0 Å². The minimum absolute atomic E-state index is 0.442. The van der Waals surface area contributed by atoms with Crippen LogP contribution in [0, 0.1) is 0 Å². The molecule has 0 spiro atoms. The number of carbonyl (C=O) groups is 1. The van der Waals surface area contributed by atoms with Gasteiger partial charge in [-0.25, -0.2) is 4.79 Å². The molecular weight excluding hydrogens is 170 g/mol. The molecule has 0 heterocycles. The number of carboxylic acids is 1. The number of rotatable bonds is 8. The van der Waals surface area contributed by atoms with Crippen molar-refractivity contribution in [3.8, 4) is 0 Å². The summed E-state index contributed by atoms with van der Waals surface area (Å²) in [6.07, 6.45) is 2.54. The Morgan fingerprint density at radius 1 is 1.54 bits per heavy atom. The molecule has 0 bridgehead atoms. The van der Waals surface area contributed by atoms with Crippen LogP contribution in [0.15, 0.2) is 0 Å². The average molecular weight is 189 g/mol. The summed E-state index contributed by atoms with van der Waals surface area (Å²) in [5, 5.41) is 8.74. The molecule has 3 N–H and O–H groups in total. The molecule has 0 radical (unpaired) electrons. The van der Waals surface area contributed by atoms with Crippen molar-refractivity contribution in [2.75, 3.05) is 13.2 Å². The Balaban J connectivity index is 3.61. The van der Waals surface area contributed by atoms with E-state index in [0.29, 0.717) is 19.6 Å². The summed E-state index contributed by atoms with van der Waals surface area (Å²) >= 11 is 0. The lowest BCUT2D eigenvalue weighted by Gasteiger charge is -2.12. The first-order valence-electron chi connectivity index (χ1n) is 4.76. The van der Waals surface area contributed by atoms with E-state index in [-0.39, 0.29) is 0 Å². The van der Waals surface area contributed by atoms with Gasteiger partial charge in [-0.3, -0.25) is 0 Å². The van der Waals surface area contributed by atoms with E-state index in [1.54, 1.807) is 0 Å². The summed E-state index contributed by atoms with van der Waals surface area (Å²) in [7, 11) is 0. The molecular formula is C9H19NO3. The van der Waals surface area contributed by atoms with E-state index in [2.05, 4.69) is 0 Å². The zero-order chi connectivity index (χ0) is 10.1. The largest absolute Gasteiger partial charge is 0.479 e. The maximum atomic E-state index is 10.6. The maximum absolute atomic E-state index is 10.6. The van der Waals surface area contributed by atoms with Gasteiger partial charge in [0.15, 0.2) is 6.10 Å². The van der Waals surface area contributed by atoms with Gasteiger partial charge in [0, 0.05) is 6.61 Å². The van der Waals surface area contributed by atoms with Crippen LogP contribution in [-0.4, -0.2) is 30.3 Å². The number of aliphatic carboxylic acids is 1. The highest BCUT2D eigenvalue weighted by Gasteiger charge is 2.16. The number of carboxylic acid groups (broad SMARTS) is 1. The van der Waals surface area contributed by atoms with E-state index in [4.69, 9.17) is 15.6 Å². The molecule has 13 heavy (non-hydrogen) atoms. The average Bonchev–Trinajstić information content (AvgIpc) is 2.10. The lowest BCUT2D eigenvalue weighted by molar-refractivity contribution is -0.150. The molecule has 0 aromatic carbocycles. The third-order valence-electron chi connectivity index (χ3n) is 1.76. The molecule has 0 saturated heterocycles. The minimum Gasteiger partial charge on any atom is -0.479 e. The molecule has 0 rings (SSSR count). The summed E-state index contributed by atoms with van der Waals surface area (Å²) in [6, 6.07) is 0. The fraction of sp³-hybridized carbons (Fsp3) is 0.889. The summed E-state index contributed by atoms with van der Waals surface area (Å²) in [4.78, 5) is 10.6. The lowest BCUT2D eigenvalue weighted by atomic mass is 10.1. The molecule has 0 fully saturated rings. The standard InChI is InChI=1S/C9H19NO3/c1-2-3-5-8(9(11)12)13-7-4-6-10/h8H,2-7,10H2,1H3,(H,11,12). The highest BCUT2D eigenvalue weighted by Crippen LogP contribution is 2.05. The summed E-state index contributed by atoms with van der Waals surface area (Å²) in [6.45, 7) is 3.01. The van der Waals surface area contributed by atoms with Crippen LogP contribution in [0.5, 0.6) is 0 Å². The van der Waals surface area contributed by atoms with E-state index in [1.165, 1.54) is 0 Å². The van der Waals surface area contributed by atoms with Gasteiger partial charge in [0.25, 0.3) is 0 Å². The van der Waals surface area contributed by atoms with Gasteiger partial charge in [0.05, 0.1) is 0 Å². The Labute approximate surface area is 79.1 Å². The van der Waals surface area contributed by atoms with Gasteiger partial charge in [0.2, 0.25) is 0 Å². The molecule has 0 aliphatic rings. The summed E-state index contributed by atoms with van der Waals surface area (Å²) < 4.78 is 5.17. The smallest absolute Gasteiger partial charge is 0.332 e. The molecule has 0 saturated carbocycles. The van der Waals surface area contributed by atoms with Gasteiger partial charge in [-0.15, -0.1) is 0 Å². The molecule has 0 amide bonds. The fourth-order valence-corrected chi connectivity index (χ4v) is 0.977.